The zero-order valence-corrected chi connectivity index (χ0v) is 12.6. The molecule has 0 aliphatic heterocycles. The first-order valence-corrected chi connectivity index (χ1v) is 7.67. The van der Waals surface area contributed by atoms with Crippen molar-refractivity contribution in [2.75, 3.05) is 0 Å². The van der Waals surface area contributed by atoms with Crippen LogP contribution in [0.15, 0.2) is 18.2 Å². The highest BCUT2D eigenvalue weighted by atomic mass is 32.2. The number of halogens is 1. The molecule has 0 aliphatic carbocycles. The molecule has 0 bridgehead atoms. The monoisotopic (exact) mass is 304 g/mol. The van der Waals surface area contributed by atoms with Crippen LogP contribution in [0, 0.1) is 12.7 Å². The van der Waals surface area contributed by atoms with Crippen molar-refractivity contribution < 1.29 is 12.8 Å². The van der Waals surface area contributed by atoms with Crippen LogP contribution in [0.4, 0.5) is 4.39 Å². The van der Waals surface area contributed by atoms with Gasteiger partial charge in [-0.05, 0) is 38.0 Å². The van der Waals surface area contributed by atoms with Gasteiger partial charge in [0, 0.05) is 6.04 Å². The van der Waals surface area contributed by atoms with Crippen molar-refractivity contribution in [3.63, 3.8) is 0 Å². The number of hydrogen-bond donors (Lipinski definition) is 2. The van der Waals surface area contributed by atoms with E-state index in [0.717, 1.165) is 0 Å². The van der Waals surface area contributed by atoms with Crippen molar-refractivity contribution >= 4 is 27.2 Å². The van der Waals surface area contributed by atoms with Crippen LogP contribution >= 0.6 is 12.2 Å². The van der Waals surface area contributed by atoms with Crippen molar-refractivity contribution in [3.05, 3.63) is 35.1 Å². The summed E-state index contributed by atoms with van der Waals surface area (Å²) in [6.07, 6.45) is 0. The van der Waals surface area contributed by atoms with Gasteiger partial charge in [0.05, 0.1) is 4.99 Å². The van der Waals surface area contributed by atoms with Crippen LogP contribution in [0.2, 0.25) is 0 Å². The van der Waals surface area contributed by atoms with E-state index in [9.17, 15) is 12.8 Å². The predicted molar refractivity (Wildman–Crippen MR) is 77.9 cm³/mol. The summed E-state index contributed by atoms with van der Waals surface area (Å²) >= 11 is 4.67. The topological polar surface area (TPSA) is 72.2 Å². The maximum Gasteiger partial charge on any atom is 0.221 e. The Hall–Kier alpha value is -1.05. The lowest BCUT2D eigenvalue weighted by atomic mass is 10.1. The lowest BCUT2D eigenvalue weighted by Gasteiger charge is -2.18. The van der Waals surface area contributed by atoms with Crippen molar-refractivity contribution in [1.29, 1.82) is 0 Å². The minimum atomic E-state index is -3.67. The summed E-state index contributed by atoms with van der Waals surface area (Å²) in [4.78, 5) is -0.102. The molecule has 19 heavy (non-hydrogen) atoms. The third-order valence-corrected chi connectivity index (χ3v) is 5.27. The van der Waals surface area contributed by atoms with Crippen LogP contribution in [-0.2, 0) is 10.0 Å². The quantitative estimate of drug-likeness (QED) is 0.814. The molecule has 0 fully saturated rings. The minimum Gasteiger partial charge on any atom is -0.392 e. The average molecular weight is 304 g/mol. The highest BCUT2D eigenvalue weighted by Crippen LogP contribution is 2.18. The fourth-order valence-electron chi connectivity index (χ4n) is 1.45. The van der Waals surface area contributed by atoms with Crippen LogP contribution in [0.5, 0.6) is 0 Å². The summed E-state index contributed by atoms with van der Waals surface area (Å²) < 4.78 is 39.8. The second-order valence-electron chi connectivity index (χ2n) is 4.44. The standard InChI is InChI=1S/C12H17FN2O2S2/c1-7-4-5-10(6-11(7)13)8(2)15-19(16,17)9(3)12(14)18/h4-6,8-9,15H,1-3H3,(H2,14,18). The number of nitrogens with one attached hydrogen (secondary N) is 1. The molecule has 0 amide bonds. The van der Waals surface area contributed by atoms with Gasteiger partial charge < -0.3 is 5.73 Å². The van der Waals surface area contributed by atoms with Crippen molar-refractivity contribution in [2.24, 2.45) is 5.73 Å². The molecule has 1 aromatic carbocycles. The maximum atomic E-state index is 13.4. The lowest BCUT2D eigenvalue weighted by Crippen LogP contribution is -2.41. The summed E-state index contributed by atoms with van der Waals surface area (Å²) in [5, 5.41) is -0.972. The molecular weight excluding hydrogens is 287 g/mol. The normalized spacial score (nSPS) is 14.9. The second-order valence-corrected chi connectivity index (χ2v) is 6.94. The number of hydrogen-bond acceptors (Lipinski definition) is 3. The zero-order valence-electron chi connectivity index (χ0n) is 11.0. The van der Waals surface area contributed by atoms with Crippen LogP contribution in [0.3, 0.4) is 0 Å². The van der Waals surface area contributed by atoms with Gasteiger partial charge in [-0.2, -0.15) is 0 Å². The molecule has 2 atom stereocenters. The molecule has 3 N–H and O–H groups in total. The Morgan fingerprint density at radius 1 is 1.42 bits per heavy atom. The van der Waals surface area contributed by atoms with Crippen molar-refractivity contribution in [1.82, 2.24) is 4.72 Å². The Morgan fingerprint density at radius 2 is 2.00 bits per heavy atom. The van der Waals surface area contributed by atoms with E-state index in [1.165, 1.54) is 13.0 Å². The highest BCUT2D eigenvalue weighted by molar-refractivity contribution is 7.93. The second kappa shape index (κ2) is 5.94. The van der Waals surface area contributed by atoms with Gasteiger partial charge in [-0.25, -0.2) is 17.5 Å². The third kappa shape index (κ3) is 3.95. The number of nitrogens with two attached hydrogens (primary N) is 1. The van der Waals surface area contributed by atoms with Gasteiger partial charge in [-0.15, -0.1) is 0 Å². The lowest BCUT2D eigenvalue weighted by molar-refractivity contribution is 0.561. The minimum absolute atomic E-state index is 0.102. The Bertz CT molecular complexity index is 587. The Morgan fingerprint density at radius 3 is 2.47 bits per heavy atom. The van der Waals surface area contributed by atoms with E-state index in [1.807, 2.05) is 0 Å². The van der Waals surface area contributed by atoms with Crippen LogP contribution < -0.4 is 10.5 Å². The van der Waals surface area contributed by atoms with Gasteiger partial charge >= 0.3 is 0 Å². The summed E-state index contributed by atoms with van der Waals surface area (Å²) in [5.74, 6) is -0.369. The van der Waals surface area contributed by atoms with E-state index in [-0.39, 0.29) is 10.8 Å². The molecular formula is C12H17FN2O2S2. The molecule has 0 saturated heterocycles. The van der Waals surface area contributed by atoms with Gasteiger partial charge in [-0.1, -0.05) is 24.4 Å². The summed E-state index contributed by atoms with van der Waals surface area (Å²) in [6, 6.07) is 4.04. The van der Waals surface area contributed by atoms with Gasteiger partial charge in [0.25, 0.3) is 0 Å². The predicted octanol–water partition coefficient (Wildman–Crippen LogP) is 1.79. The molecule has 4 nitrogen and oxygen atoms in total. The van der Waals surface area contributed by atoms with E-state index in [1.54, 1.807) is 26.0 Å². The van der Waals surface area contributed by atoms with Crippen molar-refractivity contribution in [3.8, 4) is 0 Å². The van der Waals surface area contributed by atoms with E-state index >= 15 is 0 Å². The molecule has 2 unspecified atom stereocenters. The van der Waals surface area contributed by atoms with Gasteiger partial charge in [0.1, 0.15) is 11.1 Å². The molecule has 0 heterocycles. The third-order valence-electron chi connectivity index (χ3n) is 2.90. The Labute approximate surface area is 118 Å². The molecule has 1 aromatic rings. The number of rotatable bonds is 5. The van der Waals surface area contributed by atoms with E-state index < -0.39 is 21.3 Å². The average Bonchev–Trinajstić information content (AvgIpc) is 2.30. The number of aryl methyl sites for hydroxylation is 1. The first-order valence-electron chi connectivity index (χ1n) is 5.71. The zero-order chi connectivity index (χ0) is 14.8. The first kappa shape index (κ1) is 16.0. The number of benzene rings is 1. The van der Waals surface area contributed by atoms with Crippen molar-refractivity contribution in [2.45, 2.75) is 32.1 Å². The summed E-state index contributed by atoms with van der Waals surface area (Å²) in [6.45, 7) is 4.68. The highest BCUT2D eigenvalue weighted by Gasteiger charge is 2.25. The fraction of sp³-hybridized carbons (Fsp3) is 0.417. The molecule has 1 rings (SSSR count). The first-order chi connectivity index (χ1) is 8.65. The largest absolute Gasteiger partial charge is 0.392 e. The van der Waals surface area contributed by atoms with Crippen LogP contribution in [0.1, 0.15) is 31.0 Å². The Kier molecular flexibility index (Phi) is 5.00. The smallest absolute Gasteiger partial charge is 0.221 e. The van der Waals surface area contributed by atoms with Gasteiger partial charge in [0.15, 0.2) is 0 Å². The van der Waals surface area contributed by atoms with E-state index in [4.69, 9.17) is 5.73 Å². The molecule has 0 saturated carbocycles. The number of sulfonamides is 1. The van der Waals surface area contributed by atoms with Gasteiger partial charge in [-0.3, -0.25) is 0 Å². The maximum absolute atomic E-state index is 13.4. The fourth-order valence-corrected chi connectivity index (χ4v) is 2.97. The SMILES string of the molecule is Cc1ccc(C(C)NS(=O)(=O)C(C)C(N)=S)cc1F. The summed E-state index contributed by atoms with van der Waals surface area (Å²) in [5.41, 5.74) is 6.39. The molecule has 0 aliphatic rings. The molecule has 0 spiro atoms. The molecule has 7 heteroatoms. The number of thiocarbonyl (C=S) groups is 1. The van der Waals surface area contributed by atoms with Crippen LogP contribution in [0.25, 0.3) is 0 Å². The molecule has 0 radical (unpaired) electrons. The van der Waals surface area contributed by atoms with E-state index in [2.05, 4.69) is 16.9 Å². The summed E-state index contributed by atoms with van der Waals surface area (Å²) in [7, 11) is -3.67. The molecule has 0 aromatic heterocycles. The van der Waals surface area contributed by atoms with E-state index in [0.29, 0.717) is 11.1 Å². The van der Waals surface area contributed by atoms with Crippen LogP contribution in [-0.4, -0.2) is 18.7 Å². The van der Waals surface area contributed by atoms with Gasteiger partial charge in [0.2, 0.25) is 10.0 Å². The molecule has 106 valence electrons. The Balaban J connectivity index is 2.93.